The molecule has 0 aliphatic heterocycles. The maximum atomic E-state index is 5.04. The van der Waals surface area contributed by atoms with E-state index >= 15 is 0 Å². The molecule has 4 nitrogen and oxygen atoms in total. The monoisotopic (exact) mass is 776 g/mol. The van der Waals surface area contributed by atoms with E-state index in [2.05, 4.69) is 162 Å². The topological polar surface area (TPSA) is 43.6 Å². The first-order valence-electron chi connectivity index (χ1n) is 20.7. The van der Waals surface area contributed by atoms with E-state index in [0.29, 0.717) is 17.5 Å². The Kier molecular flexibility index (Phi) is 8.13. The summed E-state index contributed by atoms with van der Waals surface area (Å²) in [4.78, 5) is 15.0. The van der Waals surface area contributed by atoms with Gasteiger partial charge in [-0.2, -0.15) is 0 Å². The van der Waals surface area contributed by atoms with Crippen LogP contribution < -0.4 is 0 Å². The molecule has 2 heterocycles. The van der Waals surface area contributed by atoms with Gasteiger partial charge < -0.3 is 4.57 Å². The Morgan fingerprint density at radius 3 is 1.56 bits per heavy atom. The zero-order valence-electron chi connectivity index (χ0n) is 33.1. The lowest BCUT2D eigenvalue weighted by Gasteiger charge is -2.12. The van der Waals surface area contributed by atoms with E-state index in [-0.39, 0.29) is 0 Å². The van der Waals surface area contributed by atoms with Crippen molar-refractivity contribution in [2.45, 2.75) is 0 Å². The third-order valence-electron chi connectivity index (χ3n) is 12.0. The SMILES string of the molecule is c1ccc(-c2nc(-c3ccccc3)nc(-c3cccc(-n4c5ccccc5c5c6cc(-c7ccc8cc(-c9cccc%10ccccc9%10)ccc8c7)ccc6ccc54)c3)n2)cc1. The van der Waals surface area contributed by atoms with Crippen LogP contribution >= 0.6 is 0 Å². The molecule has 0 spiro atoms. The zero-order chi connectivity index (χ0) is 40.3. The van der Waals surface area contributed by atoms with Crippen molar-refractivity contribution in [3.05, 3.63) is 218 Å². The smallest absolute Gasteiger partial charge is 0.164 e. The van der Waals surface area contributed by atoms with Gasteiger partial charge in [0.1, 0.15) is 0 Å². The van der Waals surface area contributed by atoms with Crippen molar-refractivity contribution < 1.29 is 0 Å². The molecule has 0 fully saturated rings. The fourth-order valence-corrected chi connectivity index (χ4v) is 9.04. The van der Waals surface area contributed by atoms with Gasteiger partial charge in [0, 0.05) is 33.2 Å². The van der Waals surface area contributed by atoms with E-state index in [0.717, 1.165) is 33.4 Å². The number of hydrogen-bond donors (Lipinski definition) is 0. The summed E-state index contributed by atoms with van der Waals surface area (Å²) in [7, 11) is 0. The number of fused-ring (bicyclic) bond motifs is 7. The predicted octanol–water partition coefficient (Wildman–Crippen LogP) is 14.8. The normalized spacial score (nSPS) is 11.6. The first-order chi connectivity index (χ1) is 30.2. The molecule has 10 aromatic carbocycles. The Morgan fingerprint density at radius 1 is 0.279 bits per heavy atom. The van der Waals surface area contributed by atoms with Gasteiger partial charge in [0.05, 0.1) is 11.0 Å². The molecule has 0 saturated carbocycles. The van der Waals surface area contributed by atoms with Crippen LogP contribution in [-0.4, -0.2) is 19.5 Å². The number of aromatic nitrogens is 4. The van der Waals surface area contributed by atoms with Gasteiger partial charge in [-0.15, -0.1) is 0 Å². The largest absolute Gasteiger partial charge is 0.309 e. The molecule has 0 amide bonds. The number of rotatable bonds is 6. The molecule has 12 aromatic rings. The molecule has 0 aliphatic carbocycles. The van der Waals surface area contributed by atoms with Gasteiger partial charge in [-0.25, -0.2) is 15.0 Å². The van der Waals surface area contributed by atoms with Crippen molar-refractivity contribution in [2.24, 2.45) is 0 Å². The summed E-state index contributed by atoms with van der Waals surface area (Å²) in [6.45, 7) is 0. The lowest BCUT2D eigenvalue weighted by Crippen LogP contribution is -2.01. The molecule has 2 aromatic heterocycles. The number of hydrogen-bond acceptors (Lipinski definition) is 3. The highest BCUT2D eigenvalue weighted by Gasteiger charge is 2.18. The number of benzene rings is 10. The highest BCUT2D eigenvalue weighted by atomic mass is 15.0. The molecule has 0 bridgehead atoms. The van der Waals surface area contributed by atoms with Crippen molar-refractivity contribution in [1.29, 1.82) is 0 Å². The van der Waals surface area contributed by atoms with Crippen LogP contribution in [-0.2, 0) is 0 Å². The number of nitrogens with zero attached hydrogens (tertiary/aromatic N) is 4. The summed E-state index contributed by atoms with van der Waals surface area (Å²) >= 11 is 0. The van der Waals surface area contributed by atoms with Gasteiger partial charge in [0.25, 0.3) is 0 Å². The Morgan fingerprint density at radius 2 is 0.803 bits per heavy atom. The van der Waals surface area contributed by atoms with Crippen LogP contribution in [0.3, 0.4) is 0 Å². The van der Waals surface area contributed by atoms with Crippen LogP contribution in [0.1, 0.15) is 0 Å². The van der Waals surface area contributed by atoms with Gasteiger partial charge in [-0.05, 0) is 97.0 Å². The molecule has 0 atom stereocenters. The first-order valence-corrected chi connectivity index (χ1v) is 20.7. The van der Waals surface area contributed by atoms with E-state index in [9.17, 15) is 0 Å². The van der Waals surface area contributed by atoms with Crippen molar-refractivity contribution in [3.63, 3.8) is 0 Å². The van der Waals surface area contributed by atoms with Gasteiger partial charge in [0.2, 0.25) is 0 Å². The average molecular weight is 777 g/mol. The van der Waals surface area contributed by atoms with Crippen molar-refractivity contribution in [2.75, 3.05) is 0 Å². The van der Waals surface area contributed by atoms with Crippen LogP contribution in [0.4, 0.5) is 0 Å². The standard InChI is InChI=1S/C57H36N4/c1-3-14-39(15-4-1)55-58-56(40-16-5-2-6-17-40)60-57(59-55)46-19-11-20-47(35-46)61-52-24-10-9-22-50(52)54-51-36-44(26-25-38(51)31-32-53(54)61)42-27-28-43-34-45(30-29-41(43)33-42)49-23-12-18-37-13-7-8-21-48(37)49/h1-36H. The highest BCUT2D eigenvalue weighted by molar-refractivity contribution is 6.22. The minimum absolute atomic E-state index is 0.630. The molecule has 0 N–H and O–H groups in total. The maximum Gasteiger partial charge on any atom is 0.164 e. The minimum Gasteiger partial charge on any atom is -0.309 e. The Bertz CT molecular complexity index is 3580. The van der Waals surface area contributed by atoms with Crippen LogP contribution in [0.25, 0.3) is 116 Å². The molecule has 12 rings (SSSR count). The second-order valence-corrected chi connectivity index (χ2v) is 15.6. The summed E-state index contributed by atoms with van der Waals surface area (Å²) in [5.41, 5.74) is 11.0. The third-order valence-corrected chi connectivity index (χ3v) is 12.0. The average Bonchev–Trinajstić information content (AvgIpc) is 3.69. The molecule has 0 aliphatic rings. The van der Waals surface area contributed by atoms with Crippen LogP contribution in [0.2, 0.25) is 0 Å². The molecule has 0 radical (unpaired) electrons. The Balaban J connectivity index is 0.971. The van der Waals surface area contributed by atoms with Gasteiger partial charge >= 0.3 is 0 Å². The third kappa shape index (κ3) is 6.04. The van der Waals surface area contributed by atoms with Crippen LogP contribution in [0.15, 0.2) is 218 Å². The Hall–Kier alpha value is -8.21. The molecule has 61 heavy (non-hydrogen) atoms. The van der Waals surface area contributed by atoms with Crippen molar-refractivity contribution in [3.8, 4) is 62.1 Å². The zero-order valence-corrected chi connectivity index (χ0v) is 33.1. The predicted molar refractivity (Wildman–Crippen MR) is 254 cm³/mol. The van der Waals surface area contributed by atoms with E-state index < -0.39 is 0 Å². The lowest BCUT2D eigenvalue weighted by atomic mass is 9.94. The fraction of sp³-hybridized carbons (Fsp3) is 0. The van der Waals surface area contributed by atoms with E-state index in [4.69, 9.17) is 15.0 Å². The lowest BCUT2D eigenvalue weighted by molar-refractivity contribution is 1.07. The minimum atomic E-state index is 0.630. The number of para-hydroxylation sites is 1. The molecule has 4 heteroatoms. The quantitative estimate of drug-likeness (QED) is 0.169. The summed E-state index contributed by atoms with van der Waals surface area (Å²) in [6, 6.07) is 77.8. The van der Waals surface area contributed by atoms with Gasteiger partial charge in [-0.3, -0.25) is 0 Å². The first kappa shape index (κ1) is 34.8. The van der Waals surface area contributed by atoms with Crippen LogP contribution in [0.5, 0.6) is 0 Å². The molecule has 284 valence electrons. The Labute approximate surface area is 352 Å². The van der Waals surface area contributed by atoms with Gasteiger partial charge in [0.15, 0.2) is 17.5 Å². The summed E-state index contributed by atoms with van der Waals surface area (Å²) in [6.07, 6.45) is 0. The van der Waals surface area contributed by atoms with Crippen molar-refractivity contribution in [1.82, 2.24) is 19.5 Å². The van der Waals surface area contributed by atoms with E-state index in [1.807, 2.05) is 60.7 Å². The highest BCUT2D eigenvalue weighted by Crippen LogP contribution is 2.40. The van der Waals surface area contributed by atoms with E-state index in [1.165, 1.54) is 65.3 Å². The summed E-state index contributed by atoms with van der Waals surface area (Å²) in [5.74, 6) is 1.92. The van der Waals surface area contributed by atoms with Gasteiger partial charge in [-0.1, -0.05) is 176 Å². The second kappa shape index (κ2) is 14.3. The second-order valence-electron chi connectivity index (χ2n) is 15.6. The molecule has 0 saturated heterocycles. The molecular weight excluding hydrogens is 741 g/mol. The summed E-state index contributed by atoms with van der Waals surface area (Å²) < 4.78 is 2.38. The molecule has 0 unspecified atom stereocenters. The van der Waals surface area contributed by atoms with Crippen molar-refractivity contribution >= 4 is 54.1 Å². The molecular formula is C57H36N4. The van der Waals surface area contributed by atoms with E-state index in [1.54, 1.807) is 0 Å². The summed E-state index contributed by atoms with van der Waals surface area (Å²) in [5, 5.41) is 9.86. The fourth-order valence-electron chi connectivity index (χ4n) is 9.04. The maximum absolute atomic E-state index is 5.04. The van der Waals surface area contributed by atoms with Crippen LogP contribution in [0, 0.1) is 0 Å².